The maximum absolute atomic E-state index is 6.55. The van der Waals surface area contributed by atoms with Crippen LogP contribution < -0.4 is 4.90 Å². The SMILES string of the molecule is C#CC1=C(C=C(C)N(c2ccc(-c3ccccc3)cc2C)c2ccc(-c3ccccc3)cc2C)C2(c3ccccc31)c1ccccc1-c1ccccc12. The van der Waals surface area contributed by atoms with Crippen molar-refractivity contribution in [2.75, 3.05) is 4.90 Å². The second-order valence-corrected chi connectivity index (χ2v) is 14.2. The molecule has 2 aliphatic rings. The van der Waals surface area contributed by atoms with Crippen molar-refractivity contribution >= 4 is 16.9 Å². The molecule has 9 rings (SSSR count). The second kappa shape index (κ2) is 12.9. The summed E-state index contributed by atoms with van der Waals surface area (Å²) in [4.78, 5) is 2.43. The van der Waals surface area contributed by atoms with Gasteiger partial charge in [-0.05, 0) is 123 Å². The molecule has 7 aromatic rings. The number of hydrogen-bond donors (Lipinski definition) is 0. The normalized spacial score (nSPS) is 13.7. The summed E-state index contributed by atoms with van der Waals surface area (Å²) in [5, 5.41) is 0. The van der Waals surface area contributed by atoms with Gasteiger partial charge in [0.05, 0.1) is 5.41 Å². The number of hydrogen-bond acceptors (Lipinski definition) is 1. The molecule has 1 heteroatoms. The Morgan fingerprint density at radius 3 is 1.38 bits per heavy atom. The molecule has 0 saturated carbocycles. The standard InChI is InChI=1S/C52H39N/c1-5-42-43-22-12-15-25-46(43)52(47-26-16-13-23-44(47)45-24-14-17-27-48(45)52)49(42)34-37(4)53(50-30-28-40(32-35(50)2)38-18-8-6-9-19-38)51-31-29-41(33-36(51)3)39-20-10-7-11-21-39/h1,6-34H,2-4H3. The van der Waals surface area contributed by atoms with E-state index in [1.165, 1.54) is 61.2 Å². The number of rotatable bonds is 6. The molecule has 0 N–H and O–H groups in total. The largest absolute Gasteiger partial charge is 0.314 e. The summed E-state index contributed by atoms with van der Waals surface area (Å²) in [6.45, 7) is 6.68. The average molecular weight is 678 g/mol. The first-order valence-corrected chi connectivity index (χ1v) is 18.3. The summed E-state index contributed by atoms with van der Waals surface area (Å²) in [6.07, 6.45) is 8.92. The van der Waals surface area contributed by atoms with Crippen LogP contribution >= 0.6 is 0 Å². The van der Waals surface area contributed by atoms with E-state index in [4.69, 9.17) is 6.42 Å². The molecule has 1 nitrogen and oxygen atoms in total. The lowest BCUT2D eigenvalue weighted by Gasteiger charge is -2.34. The summed E-state index contributed by atoms with van der Waals surface area (Å²) < 4.78 is 0. The van der Waals surface area contributed by atoms with E-state index in [1.54, 1.807) is 0 Å². The second-order valence-electron chi connectivity index (χ2n) is 14.2. The quantitative estimate of drug-likeness (QED) is 0.158. The minimum absolute atomic E-state index is 0.545. The van der Waals surface area contributed by atoms with Gasteiger partial charge in [0.25, 0.3) is 0 Å². The lowest BCUT2D eigenvalue weighted by atomic mass is 9.69. The van der Waals surface area contributed by atoms with E-state index in [-0.39, 0.29) is 0 Å². The van der Waals surface area contributed by atoms with Crippen LogP contribution in [-0.4, -0.2) is 0 Å². The molecule has 0 heterocycles. The minimum Gasteiger partial charge on any atom is -0.314 e. The fourth-order valence-corrected chi connectivity index (χ4v) is 8.87. The third kappa shape index (κ3) is 5.02. The van der Waals surface area contributed by atoms with E-state index in [0.29, 0.717) is 0 Å². The Balaban J connectivity index is 1.28. The highest BCUT2D eigenvalue weighted by molar-refractivity contribution is 5.99. The van der Waals surface area contributed by atoms with Gasteiger partial charge in [-0.2, -0.15) is 0 Å². The van der Waals surface area contributed by atoms with Crippen LogP contribution in [0.2, 0.25) is 0 Å². The number of allylic oxidation sites excluding steroid dienone is 4. The molecule has 0 aromatic heterocycles. The lowest BCUT2D eigenvalue weighted by molar-refractivity contribution is 0.784. The van der Waals surface area contributed by atoms with Crippen LogP contribution in [0, 0.1) is 26.2 Å². The minimum atomic E-state index is -0.545. The first-order valence-electron chi connectivity index (χ1n) is 18.3. The topological polar surface area (TPSA) is 3.24 Å². The zero-order chi connectivity index (χ0) is 36.1. The molecule has 0 amide bonds. The number of anilines is 2. The van der Waals surface area contributed by atoms with E-state index in [1.807, 2.05) is 0 Å². The Labute approximate surface area is 313 Å². The van der Waals surface area contributed by atoms with Crippen molar-refractivity contribution < 1.29 is 0 Å². The van der Waals surface area contributed by atoms with Gasteiger partial charge in [-0.15, -0.1) is 6.42 Å². The molecular formula is C52H39N. The van der Waals surface area contributed by atoms with Crippen LogP contribution in [0.5, 0.6) is 0 Å². The summed E-state index contributed by atoms with van der Waals surface area (Å²) in [5.41, 5.74) is 19.5. The van der Waals surface area contributed by atoms with Crippen molar-refractivity contribution in [2.24, 2.45) is 0 Å². The van der Waals surface area contributed by atoms with E-state index in [0.717, 1.165) is 33.8 Å². The predicted molar refractivity (Wildman–Crippen MR) is 223 cm³/mol. The predicted octanol–water partition coefficient (Wildman–Crippen LogP) is 13.1. The van der Waals surface area contributed by atoms with E-state index >= 15 is 0 Å². The van der Waals surface area contributed by atoms with Gasteiger partial charge >= 0.3 is 0 Å². The molecule has 0 radical (unpaired) electrons. The zero-order valence-electron chi connectivity index (χ0n) is 30.3. The van der Waals surface area contributed by atoms with Gasteiger partial charge in [-0.25, -0.2) is 0 Å². The summed E-state index contributed by atoms with van der Waals surface area (Å²) >= 11 is 0. The first kappa shape index (κ1) is 32.3. The van der Waals surface area contributed by atoms with Gasteiger partial charge in [0.15, 0.2) is 0 Å². The highest BCUT2D eigenvalue weighted by Gasteiger charge is 2.52. The van der Waals surface area contributed by atoms with Crippen LogP contribution in [-0.2, 0) is 5.41 Å². The molecule has 53 heavy (non-hydrogen) atoms. The van der Waals surface area contributed by atoms with Crippen molar-refractivity contribution in [1.29, 1.82) is 0 Å². The van der Waals surface area contributed by atoms with E-state index < -0.39 is 5.41 Å². The van der Waals surface area contributed by atoms with Crippen molar-refractivity contribution in [2.45, 2.75) is 26.2 Å². The molecule has 252 valence electrons. The third-order valence-corrected chi connectivity index (χ3v) is 11.2. The van der Waals surface area contributed by atoms with Crippen LogP contribution in [0.3, 0.4) is 0 Å². The number of nitrogens with zero attached hydrogens (tertiary/aromatic N) is 1. The maximum Gasteiger partial charge on any atom is 0.0732 e. The van der Waals surface area contributed by atoms with E-state index in [9.17, 15) is 0 Å². The summed E-state index contributed by atoms with van der Waals surface area (Å²) in [7, 11) is 0. The first-order chi connectivity index (χ1) is 26.0. The van der Waals surface area contributed by atoms with Crippen molar-refractivity contribution in [3.05, 3.63) is 221 Å². The Bertz CT molecular complexity index is 2510. The number of benzene rings is 7. The molecule has 0 unspecified atom stereocenters. The smallest absolute Gasteiger partial charge is 0.0732 e. The molecule has 0 atom stereocenters. The van der Waals surface area contributed by atoms with Crippen molar-refractivity contribution in [1.82, 2.24) is 0 Å². The molecule has 0 fully saturated rings. The van der Waals surface area contributed by atoms with Crippen LogP contribution in [0.25, 0.3) is 39.0 Å². The fourth-order valence-electron chi connectivity index (χ4n) is 8.87. The van der Waals surface area contributed by atoms with Crippen LogP contribution in [0.1, 0.15) is 40.3 Å². The van der Waals surface area contributed by atoms with Crippen LogP contribution in [0.4, 0.5) is 11.4 Å². The number of aryl methyl sites for hydroxylation is 2. The Morgan fingerprint density at radius 1 is 0.509 bits per heavy atom. The van der Waals surface area contributed by atoms with Crippen molar-refractivity contribution in [3.8, 4) is 45.7 Å². The van der Waals surface area contributed by atoms with Gasteiger partial charge in [-0.1, -0.05) is 152 Å². The zero-order valence-corrected chi connectivity index (χ0v) is 30.3. The lowest BCUT2D eigenvalue weighted by Crippen LogP contribution is -2.27. The Kier molecular flexibility index (Phi) is 7.83. The van der Waals surface area contributed by atoms with Gasteiger partial charge < -0.3 is 4.90 Å². The molecule has 0 aliphatic heterocycles. The van der Waals surface area contributed by atoms with Gasteiger partial charge in [-0.3, -0.25) is 0 Å². The fraction of sp³-hybridized carbons (Fsp3) is 0.0769. The van der Waals surface area contributed by atoms with Crippen molar-refractivity contribution in [3.63, 3.8) is 0 Å². The Morgan fingerprint density at radius 2 is 0.925 bits per heavy atom. The monoisotopic (exact) mass is 677 g/mol. The summed E-state index contributed by atoms with van der Waals surface area (Å²) in [5.74, 6) is 3.20. The Hall–Kier alpha value is -6.62. The molecule has 1 spiro atoms. The molecule has 0 saturated heterocycles. The number of fused-ring (bicyclic) bond motifs is 7. The molecule has 7 aromatic carbocycles. The maximum atomic E-state index is 6.55. The molecular weight excluding hydrogens is 639 g/mol. The van der Waals surface area contributed by atoms with Gasteiger partial charge in [0.2, 0.25) is 0 Å². The average Bonchev–Trinajstić information content (AvgIpc) is 3.66. The van der Waals surface area contributed by atoms with E-state index in [2.05, 4.69) is 208 Å². The molecule has 0 bridgehead atoms. The highest BCUT2D eigenvalue weighted by Crippen LogP contribution is 2.62. The van der Waals surface area contributed by atoms with Crippen LogP contribution in [0.15, 0.2) is 187 Å². The number of terminal acetylenes is 1. The summed E-state index contributed by atoms with van der Waals surface area (Å²) in [6, 6.07) is 61.3. The molecule has 2 aliphatic carbocycles. The third-order valence-electron chi connectivity index (χ3n) is 11.2. The van der Waals surface area contributed by atoms with Gasteiger partial charge in [0.1, 0.15) is 0 Å². The highest BCUT2D eigenvalue weighted by atomic mass is 15.1. The van der Waals surface area contributed by atoms with Gasteiger partial charge in [0, 0.05) is 22.6 Å².